The quantitative estimate of drug-likeness (QED) is 0.161. The SMILES string of the molecule is CC[C@](C=O)(NS(=O)(=O)c1ccc(C2CCCC2)cc1)[C@@H](CC1CCCN(C=NN)C1)C1CC1. The number of hydrogen-bond acceptors (Lipinski definition) is 5. The molecule has 0 bridgehead atoms. The van der Waals surface area contributed by atoms with Crippen molar-refractivity contribution in [2.24, 2.45) is 28.7 Å². The monoisotopic (exact) mass is 488 g/mol. The van der Waals surface area contributed by atoms with E-state index in [0.29, 0.717) is 24.2 Å². The Kier molecular flexibility index (Phi) is 7.97. The summed E-state index contributed by atoms with van der Waals surface area (Å²) >= 11 is 0. The standard InChI is InChI=1S/C26H40N4O3S/c1-2-26(18-31,25(23-9-10-23)16-20-6-5-15-30(17-20)19-28-27)29-34(32,33)24-13-11-22(12-14-24)21-7-3-4-8-21/h11-14,18-21,23,25,29H,2-10,15-17,27H2,1H3/t20?,25-,26+/m0/s1. The molecule has 0 radical (unpaired) electrons. The van der Waals surface area contributed by atoms with Crippen LogP contribution in [0.25, 0.3) is 0 Å². The third kappa shape index (κ3) is 5.65. The van der Waals surface area contributed by atoms with Gasteiger partial charge < -0.3 is 15.5 Å². The summed E-state index contributed by atoms with van der Waals surface area (Å²) in [6, 6.07) is 7.32. The molecule has 0 amide bonds. The van der Waals surface area contributed by atoms with Crippen LogP contribution in [0.5, 0.6) is 0 Å². The molecule has 3 aliphatic rings. The number of piperidine rings is 1. The van der Waals surface area contributed by atoms with Crippen LogP contribution in [0, 0.1) is 17.8 Å². The molecule has 2 aliphatic carbocycles. The molecule has 1 heterocycles. The molecule has 1 saturated heterocycles. The first kappa shape index (κ1) is 25.2. The Morgan fingerprint density at radius 1 is 1.15 bits per heavy atom. The average molecular weight is 489 g/mol. The van der Waals surface area contributed by atoms with Gasteiger partial charge in [-0.2, -0.15) is 9.82 Å². The van der Waals surface area contributed by atoms with Crippen molar-refractivity contribution in [1.82, 2.24) is 9.62 Å². The molecule has 0 aromatic heterocycles. The Labute approximate surface area is 204 Å². The van der Waals surface area contributed by atoms with Crippen LogP contribution in [-0.4, -0.2) is 44.6 Å². The van der Waals surface area contributed by atoms with Crippen LogP contribution in [0.3, 0.4) is 0 Å². The first-order valence-corrected chi connectivity index (χ1v) is 14.5. The molecule has 3 N–H and O–H groups in total. The number of carbonyl (C=O) groups is 1. The van der Waals surface area contributed by atoms with Crippen molar-refractivity contribution < 1.29 is 13.2 Å². The number of hydrazone groups is 1. The van der Waals surface area contributed by atoms with Crippen LogP contribution >= 0.6 is 0 Å². The van der Waals surface area contributed by atoms with Crippen molar-refractivity contribution in [1.29, 1.82) is 0 Å². The lowest BCUT2D eigenvalue weighted by molar-refractivity contribution is -0.115. The van der Waals surface area contributed by atoms with Gasteiger partial charge in [-0.3, -0.25) is 0 Å². The number of nitrogens with one attached hydrogen (secondary N) is 1. The number of rotatable bonds is 11. The number of likely N-dealkylation sites (tertiary alicyclic amines) is 1. The highest BCUT2D eigenvalue weighted by Gasteiger charge is 2.48. The number of sulfonamides is 1. The Morgan fingerprint density at radius 2 is 1.85 bits per heavy atom. The molecule has 1 aromatic rings. The van der Waals surface area contributed by atoms with Crippen LogP contribution in [-0.2, 0) is 14.8 Å². The highest BCUT2D eigenvalue weighted by atomic mass is 32.2. The second-order valence-electron chi connectivity index (χ2n) is 10.6. The topological polar surface area (TPSA) is 105 Å². The van der Waals surface area contributed by atoms with Gasteiger partial charge in [-0.25, -0.2) is 8.42 Å². The highest BCUT2D eigenvalue weighted by Crippen LogP contribution is 2.47. The largest absolute Gasteiger partial charge is 0.361 e. The zero-order chi connectivity index (χ0) is 24.2. The summed E-state index contributed by atoms with van der Waals surface area (Å²) in [4.78, 5) is 15.0. The molecule has 1 unspecified atom stereocenters. The van der Waals surface area contributed by atoms with E-state index in [1.807, 2.05) is 19.1 Å². The number of aldehydes is 1. The minimum absolute atomic E-state index is 0.0118. The maximum atomic E-state index is 13.5. The molecule has 1 aliphatic heterocycles. The molecule has 4 rings (SSSR count). The number of nitrogens with two attached hydrogens (primary N) is 1. The predicted molar refractivity (Wildman–Crippen MR) is 135 cm³/mol. The van der Waals surface area contributed by atoms with Crippen molar-refractivity contribution in [3.05, 3.63) is 29.8 Å². The predicted octanol–water partition coefficient (Wildman–Crippen LogP) is 4.00. The smallest absolute Gasteiger partial charge is 0.241 e. The summed E-state index contributed by atoms with van der Waals surface area (Å²) in [6.07, 6.45) is 12.9. The summed E-state index contributed by atoms with van der Waals surface area (Å²) in [7, 11) is -3.82. The maximum absolute atomic E-state index is 13.5. The van der Waals surface area contributed by atoms with Crippen LogP contribution < -0.4 is 10.6 Å². The van der Waals surface area contributed by atoms with Gasteiger partial charge in [-0.05, 0) is 92.7 Å². The Bertz CT molecular complexity index is 955. The van der Waals surface area contributed by atoms with Crippen LogP contribution in [0.4, 0.5) is 0 Å². The normalized spacial score (nSPS) is 24.9. The van der Waals surface area contributed by atoms with E-state index in [1.54, 1.807) is 18.5 Å². The van der Waals surface area contributed by atoms with Crippen molar-refractivity contribution >= 4 is 22.6 Å². The van der Waals surface area contributed by atoms with E-state index in [4.69, 9.17) is 5.84 Å². The third-order valence-corrected chi connectivity index (χ3v) is 9.90. The fourth-order valence-corrected chi connectivity index (χ4v) is 7.72. The lowest BCUT2D eigenvalue weighted by Crippen LogP contribution is -2.56. The van der Waals surface area contributed by atoms with E-state index >= 15 is 0 Å². The lowest BCUT2D eigenvalue weighted by Gasteiger charge is -2.40. The zero-order valence-electron chi connectivity index (χ0n) is 20.4. The van der Waals surface area contributed by atoms with Crippen molar-refractivity contribution in [2.75, 3.05) is 13.1 Å². The van der Waals surface area contributed by atoms with E-state index in [9.17, 15) is 13.2 Å². The van der Waals surface area contributed by atoms with Gasteiger partial charge in [0.05, 0.1) is 10.4 Å². The summed E-state index contributed by atoms with van der Waals surface area (Å²) in [5.41, 5.74) is 0.126. The zero-order valence-corrected chi connectivity index (χ0v) is 21.2. The van der Waals surface area contributed by atoms with Gasteiger partial charge in [0.2, 0.25) is 10.0 Å². The van der Waals surface area contributed by atoms with Gasteiger partial charge in [0, 0.05) is 13.1 Å². The molecule has 8 heteroatoms. The van der Waals surface area contributed by atoms with Gasteiger partial charge in [-0.1, -0.05) is 31.9 Å². The fourth-order valence-electron chi connectivity index (χ4n) is 6.26. The highest BCUT2D eigenvalue weighted by molar-refractivity contribution is 7.89. The van der Waals surface area contributed by atoms with Gasteiger partial charge in [-0.15, -0.1) is 0 Å². The van der Waals surface area contributed by atoms with Gasteiger partial charge in [0.25, 0.3) is 0 Å². The molecule has 1 aromatic carbocycles. The molecule has 0 spiro atoms. The summed E-state index contributed by atoms with van der Waals surface area (Å²) < 4.78 is 29.8. The van der Waals surface area contributed by atoms with E-state index in [0.717, 1.165) is 51.5 Å². The summed E-state index contributed by atoms with van der Waals surface area (Å²) in [6.45, 7) is 3.70. The second kappa shape index (κ2) is 10.8. The van der Waals surface area contributed by atoms with E-state index in [2.05, 4.69) is 14.7 Å². The van der Waals surface area contributed by atoms with Gasteiger partial charge >= 0.3 is 0 Å². The Hall–Kier alpha value is -1.93. The molecule has 3 atom stereocenters. The third-order valence-electron chi connectivity index (χ3n) is 8.36. The van der Waals surface area contributed by atoms with Crippen molar-refractivity contribution in [2.45, 2.75) is 87.5 Å². The number of benzene rings is 1. The molecule has 188 valence electrons. The van der Waals surface area contributed by atoms with E-state index in [-0.39, 0.29) is 10.8 Å². The first-order chi connectivity index (χ1) is 16.4. The van der Waals surface area contributed by atoms with Crippen LogP contribution in [0.15, 0.2) is 34.3 Å². The fraction of sp³-hybridized carbons (Fsp3) is 0.692. The van der Waals surface area contributed by atoms with Crippen molar-refractivity contribution in [3.63, 3.8) is 0 Å². The number of nitrogens with zero attached hydrogens (tertiary/aromatic N) is 2. The Balaban J connectivity index is 1.52. The minimum atomic E-state index is -3.82. The molecule has 3 fully saturated rings. The Morgan fingerprint density at radius 3 is 2.44 bits per heavy atom. The maximum Gasteiger partial charge on any atom is 0.241 e. The first-order valence-electron chi connectivity index (χ1n) is 13.0. The molecular weight excluding hydrogens is 448 g/mol. The second-order valence-corrected chi connectivity index (χ2v) is 12.3. The molecule has 34 heavy (non-hydrogen) atoms. The van der Waals surface area contributed by atoms with Gasteiger partial charge in [0.1, 0.15) is 12.6 Å². The van der Waals surface area contributed by atoms with E-state index in [1.165, 1.54) is 31.2 Å². The number of hydrogen-bond donors (Lipinski definition) is 2. The molecular formula is C26H40N4O3S. The minimum Gasteiger partial charge on any atom is -0.361 e. The van der Waals surface area contributed by atoms with E-state index < -0.39 is 15.6 Å². The lowest BCUT2D eigenvalue weighted by atomic mass is 9.74. The molecule has 7 nitrogen and oxygen atoms in total. The number of carbonyl (C=O) groups excluding carboxylic acids is 1. The van der Waals surface area contributed by atoms with Gasteiger partial charge in [0.15, 0.2) is 0 Å². The van der Waals surface area contributed by atoms with Crippen LogP contribution in [0.1, 0.15) is 82.6 Å². The van der Waals surface area contributed by atoms with Crippen LogP contribution in [0.2, 0.25) is 0 Å². The summed E-state index contributed by atoms with van der Waals surface area (Å²) in [5.74, 6) is 6.65. The average Bonchev–Trinajstić information content (AvgIpc) is 3.54. The van der Waals surface area contributed by atoms with Crippen molar-refractivity contribution in [3.8, 4) is 0 Å². The molecule has 2 saturated carbocycles. The summed E-state index contributed by atoms with van der Waals surface area (Å²) in [5, 5.41) is 3.67.